The van der Waals surface area contributed by atoms with Crippen LogP contribution in [0, 0.1) is 0 Å². The molecule has 0 saturated carbocycles. The van der Waals surface area contributed by atoms with Crippen LogP contribution in [-0.4, -0.2) is 36.1 Å². The maximum Gasteiger partial charge on any atom is 1.00 e. The first-order chi connectivity index (χ1) is 5.95. The third-order valence-electron chi connectivity index (χ3n) is 1.44. The Kier molecular flexibility index (Phi) is 12.0. The molecule has 0 rings (SSSR count). The van der Waals surface area contributed by atoms with Crippen molar-refractivity contribution in [2.45, 2.75) is 23.3 Å². The zero-order chi connectivity index (χ0) is 10.4. The van der Waals surface area contributed by atoms with E-state index in [2.05, 4.69) is 25.3 Å². The van der Waals surface area contributed by atoms with E-state index in [0.717, 1.165) is 0 Å². The molecule has 0 spiro atoms. The number of rotatable bonds is 6. The van der Waals surface area contributed by atoms with Crippen LogP contribution in [-0.2, 0) is 15.9 Å². The molecule has 4 nitrogen and oxygen atoms in total. The van der Waals surface area contributed by atoms with Crippen molar-refractivity contribution in [3.63, 3.8) is 0 Å². The van der Waals surface area contributed by atoms with Crippen molar-refractivity contribution >= 4 is 42.3 Å². The largest absolute Gasteiger partial charge is 1.00 e. The van der Waals surface area contributed by atoms with E-state index in [-0.39, 0.29) is 42.0 Å². The Balaban J connectivity index is -0.000000720. The molecule has 0 heterocycles. The van der Waals surface area contributed by atoms with Gasteiger partial charge in [0.25, 0.3) is 0 Å². The molecule has 8 heteroatoms. The minimum Gasteiger partial charge on any atom is -1.00 e. The zero-order valence-electron chi connectivity index (χ0n) is 8.79. The number of aliphatic carboxylic acids is 1. The van der Waals surface area contributed by atoms with Gasteiger partial charge in [-0.25, -0.2) is 4.21 Å². The second-order valence-corrected chi connectivity index (χ2v) is 4.79. The summed E-state index contributed by atoms with van der Waals surface area (Å²) in [5.74, 6) is -0.870. The normalized spacial score (nSPS) is 16.5. The summed E-state index contributed by atoms with van der Waals surface area (Å²) in [4.78, 5) is 10.4. The first-order valence-corrected chi connectivity index (χ1v) is 5.92. The minimum atomic E-state index is -1.81. The maximum atomic E-state index is 10.4. The van der Waals surface area contributed by atoms with Crippen LogP contribution in [0.3, 0.4) is 0 Å². The standard InChI is InChI=1S/C6H12O4S3.Na.H/c7-6(8)5(12)4(11)2-1-3-13(9)10;;/h4-5,11-12H,1-3H2,(H,7,8)(H,9,10);;/q;+1;-1. The van der Waals surface area contributed by atoms with Gasteiger partial charge in [0.1, 0.15) is 5.25 Å². The van der Waals surface area contributed by atoms with Crippen LogP contribution < -0.4 is 29.6 Å². The Labute approximate surface area is 120 Å². The summed E-state index contributed by atoms with van der Waals surface area (Å²) >= 11 is 6.05. The van der Waals surface area contributed by atoms with Crippen LogP contribution in [0.5, 0.6) is 0 Å². The molecule has 14 heavy (non-hydrogen) atoms. The van der Waals surface area contributed by atoms with Crippen molar-refractivity contribution in [1.82, 2.24) is 0 Å². The van der Waals surface area contributed by atoms with Gasteiger partial charge in [-0.1, -0.05) is 0 Å². The van der Waals surface area contributed by atoms with Gasteiger partial charge >= 0.3 is 35.5 Å². The molecule has 0 aromatic heterocycles. The van der Waals surface area contributed by atoms with Crippen LogP contribution in [0.2, 0.25) is 0 Å². The molecule has 0 radical (unpaired) electrons. The molecule has 0 bridgehead atoms. The fourth-order valence-corrected chi connectivity index (χ4v) is 1.61. The molecule has 0 aliphatic rings. The summed E-state index contributed by atoms with van der Waals surface area (Å²) < 4.78 is 18.7. The number of hydrogen-bond donors (Lipinski definition) is 4. The van der Waals surface area contributed by atoms with Gasteiger partial charge in [-0.15, -0.1) is 0 Å². The maximum absolute atomic E-state index is 10.4. The molecule has 0 aromatic rings. The summed E-state index contributed by atoms with van der Waals surface area (Å²) in [5.41, 5.74) is 0. The van der Waals surface area contributed by atoms with Crippen molar-refractivity contribution in [3.8, 4) is 0 Å². The van der Waals surface area contributed by atoms with Crippen molar-refractivity contribution in [2.24, 2.45) is 0 Å². The predicted molar refractivity (Wildman–Crippen MR) is 59.2 cm³/mol. The topological polar surface area (TPSA) is 74.6 Å². The third-order valence-corrected chi connectivity index (χ3v) is 3.45. The minimum absolute atomic E-state index is 0. The van der Waals surface area contributed by atoms with Gasteiger partial charge in [0, 0.05) is 11.0 Å². The Bertz CT molecular complexity index is 207. The third kappa shape index (κ3) is 8.58. The van der Waals surface area contributed by atoms with Crippen molar-refractivity contribution in [3.05, 3.63) is 0 Å². The summed E-state index contributed by atoms with van der Waals surface area (Å²) in [6.07, 6.45) is 0.942. The summed E-state index contributed by atoms with van der Waals surface area (Å²) in [7, 11) is 0. The molecule has 80 valence electrons. The number of carboxylic acid groups (broad SMARTS) is 1. The average molecular weight is 268 g/mol. The molecule has 0 aliphatic heterocycles. The van der Waals surface area contributed by atoms with Crippen molar-refractivity contribution < 1.29 is 49.6 Å². The van der Waals surface area contributed by atoms with Crippen molar-refractivity contribution in [1.29, 1.82) is 0 Å². The molecule has 0 amide bonds. The van der Waals surface area contributed by atoms with E-state index in [1.165, 1.54) is 0 Å². The van der Waals surface area contributed by atoms with E-state index in [1.54, 1.807) is 0 Å². The van der Waals surface area contributed by atoms with E-state index in [0.29, 0.717) is 12.8 Å². The Morgan fingerprint density at radius 3 is 2.36 bits per heavy atom. The molecule has 2 N–H and O–H groups in total. The van der Waals surface area contributed by atoms with Gasteiger partial charge < -0.3 is 11.1 Å². The van der Waals surface area contributed by atoms with Gasteiger partial charge in [-0.3, -0.25) is 4.79 Å². The monoisotopic (exact) mass is 268 g/mol. The molecule has 3 atom stereocenters. The first kappa shape index (κ1) is 17.7. The van der Waals surface area contributed by atoms with Gasteiger partial charge in [0.15, 0.2) is 11.1 Å². The predicted octanol–water partition coefficient (Wildman–Crippen LogP) is -2.21. The van der Waals surface area contributed by atoms with Crippen LogP contribution in [0.25, 0.3) is 0 Å². The molecule has 0 fully saturated rings. The van der Waals surface area contributed by atoms with Gasteiger partial charge in [-0.05, 0) is 12.8 Å². The van der Waals surface area contributed by atoms with Crippen LogP contribution in [0.15, 0.2) is 0 Å². The number of thiol groups is 2. The average Bonchev–Trinajstić information content (AvgIpc) is 2.02. The van der Waals surface area contributed by atoms with E-state index < -0.39 is 22.3 Å². The van der Waals surface area contributed by atoms with Gasteiger partial charge in [0.2, 0.25) is 0 Å². The molecule has 0 aromatic carbocycles. The summed E-state index contributed by atoms with van der Waals surface area (Å²) in [5, 5.41) is 7.32. The zero-order valence-corrected chi connectivity index (χ0v) is 12.4. The number of carboxylic acids is 1. The molecule has 3 unspecified atom stereocenters. The van der Waals surface area contributed by atoms with E-state index >= 15 is 0 Å². The van der Waals surface area contributed by atoms with Gasteiger partial charge in [0.05, 0.1) is 0 Å². The van der Waals surface area contributed by atoms with E-state index in [9.17, 15) is 9.00 Å². The summed E-state index contributed by atoms with van der Waals surface area (Å²) in [6, 6.07) is 0. The smallest absolute Gasteiger partial charge is 1.00 e. The molecule has 0 saturated heterocycles. The molecular formula is C6H13NaO4S3. The molecule has 0 aliphatic carbocycles. The summed E-state index contributed by atoms with van der Waals surface area (Å²) in [6.45, 7) is 0. The van der Waals surface area contributed by atoms with Crippen LogP contribution in [0.4, 0.5) is 0 Å². The first-order valence-electron chi connectivity index (χ1n) is 3.61. The SMILES string of the molecule is O=C(O)C(S)C(S)CCCS(=O)O.[H-].[Na+]. The Hall–Kier alpha value is 1.28. The molecular weight excluding hydrogens is 255 g/mol. The Morgan fingerprint density at radius 2 is 2.00 bits per heavy atom. The quantitative estimate of drug-likeness (QED) is 0.250. The second kappa shape index (κ2) is 9.50. The van der Waals surface area contributed by atoms with Crippen LogP contribution in [0.1, 0.15) is 14.3 Å². The van der Waals surface area contributed by atoms with E-state index in [1.807, 2.05) is 0 Å². The fourth-order valence-electron chi connectivity index (χ4n) is 0.738. The van der Waals surface area contributed by atoms with Gasteiger partial charge in [-0.2, -0.15) is 25.3 Å². The van der Waals surface area contributed by atoms with Crippen molar-refractivity contribution in [2.75, 3.05) is 5.75 Å². The number of carbonyl (C=O) groups is 1. The fraction of sp³-hybridized carbons (Fsp3) is 0.833. The number of hydrogen-bond acceptors (Lipinski definition) is 4. The second-order valence-electron chi connectivity index (χ2n) is 2.52. The van der Waals surface area contributed by atoms with E-state index in [4.69, 9.17) is 9.66 Å². The Morgan fingerprint density at radius 1 is 1.50 bits per heavy atom. The van der Waals surface area contributed by atoms with Crippen LogP contribution >= 0.6 is 25.3 Å².